The highest BCUT2D eigenvalue weighted by Gasteiger charge is 2.50. The number of hydrazine groups is 1. The van der Waals surface area contributed by atoms with Crippen molar-refractivity contribution in [3.8, 4) is 5.75 Å². The number of nitrogens with one attached hydrogen (secondary N) is 2. The Morgan fingerprint density at radius 1 is 1.28 bits per heavy atom. The fourth-order valence-electron chi connectivity index (χ4n) is 3.37. The van der Waals surface area contributed by atoms with Crippen LogP contribution in [0, 0.1) is 0 Å². The molecule has 0 saturated carbocycles. The minimum absolute atomic E-state index is 0.000401. The van der Waals surface area contributed by atoms with Crippen molar-refractivity contribution in [2.45, 2.75) is 31.4 Å². The van der Waals surface area contributed by atoms with Crippen LogP contribution < -0.4 is 15.6 Å². The van der Waals surface area contributed by atoms with Crippen LogP contribution in [0.2, 0.25) is 0 Å². The molecule has 0 unspecified atom stereocenters. The monoisotopic (exact) mass is 507 g/mol. The number of halogens is 2. The van der Waals surface area contributed by atoms with Crippen LogP contribution in [0.25, 0.3) is 0 Å². The number of amides is 1. The molecule has 0 bridgehead atoms. The maximum absolute atomic E-state index is 13.2. The Morgan fingerprint density at radius 2 is 2.03 bits per heavy atom. The Balaban J connectivity index is 1.88. The lowest BCUT2D eigenvalue weighted by atomic mass is 9.86. The summed E-state index contributed by atoms with van der Waals surface area (Å²) < 4.78 is 25.0. The molecule has 172 valence electrons. The molecule has 9 heteroatoms. The number of aliphatic hydroxyl groups is 1. The van der Waals surface area contributed by atoms with Crippen LogP contribution in [0.15, 0.2) is 58.0 Å². The minimum atomic E-state index is -1.24. The summed E-state index contributed by atoms with van der Waals surface area (Å²) in [6, 6.07) is 14.8. The van der Waals surface area contributed by atoms with Gasteiger partial charge in [-0.25, -0.2) is 14.8 Å². The van der Waals surface area contributed by atoms with E-state index in [-0.39, 0.29) is 13.2 Å². The molecule has 0 fully saturated rings. The van der Waals surface area contributed by atoms with Gasteiger partial charge in [0.15, 0.2) is 5.54 Å². The van der Waals surface area contributed by atoms with Crippen molar-refractivity contribution in [3.63, 3.8) is 0 Å². The fourth-order valence-corrected chi connectivity index (χ4v) is 3.80. The number of carbonyl (C=O) groups excluding carboxylic acids is 1. The average Bonchev–Trinajstić information content (AvgIpc) is 3.13. The lowest BCUT2D eigenvalue weighted by Gasteiger charge is -2.28. The molecule has 0 aromatic heterocycles. The molecule has 7 nitrogen and oxygen atoms in total. The zero-order valence-electron chi connectivity index (χ0n) is 17.8. The van der Waals surface area contributed by atoms with Crippen molar-refractivity contribution in [2.24, 2.45) is 4.99 Å². The molecular weight excluding hydrogens is 481 g/mol. The molecule has 0 aliphatic carbocycles. The van der Waals surface area contributed by atoms with E-state index < -0.39 is 24.2 Å². The SMILES string of the molecule is C[C@@H]1OC(c2ccc(OCCCO)cc2)=N[C@]1(Cc1ccccc1Br)C(=O)NNCCF. The van der Waals surface area contributed by atoms with E-state index in [1.807, 2.05) is 36.4 Å². The van der Waals surface area contributed by atoms with E-state index in [9.17, 15) is 9.18 Å². The molecule has 0 spiro atoms. The molecule has 3 rings (SSSR count). The van der Waals surface area contributed by atoms with E-state index >= 15 is 0 Å². The zero-order valence-corrected chi connectivity index (χ0v) is 19.4. The maximum Gasteiger partial charge on any atom is 0.266 e. The van der Waals surface area contributed by atoms with Crippen LogP contribution in [0.3, 0.4) is 0 Å². The Morgan fingerprint density at radius 3 is 2.72 bits per heavy atom. The molecule has 0 radical (unpaired) electrons. The normalized spacial score (nSPS) is 19.9. The number of nitrogens with zero attached hydrogens (tertiary/aromatic N) is 1. The summed E-state index contributed by atoms with van der Waals surface area (Å²) in [5.74, 6) is 0.627. The number of alkyl halides is 1. The van der Waals surface area contributed by atoms with Gasteiger partial charge in [0, 0.05) is 36.0 Å². The molecule has 2 aromatic rings. The number of ether oxygens (including phenoxy) is 2. The van der Waals surface area contributed by atoms with Gasteiger partial charge in [-0.3, -0.25) is 10.2 Å². The summed E-state index contributed by atoms with van der Waals surface area (Å²) in [6.45, 7) is 1.69. The Bertz CT molecular complexity index is 941. The smallest absolute Gasteiger partial charge is 0.266 e. The van der Waals surface area contributed by atoms with Gasteiger partial charge in [-0.2, -0.15) is 0 Å². The first-order valence-corrected chi connectivity index (χ1v) is 11.2. The highest BCUT2D eigenvalue weighted by atomic mass is 79.9. The quantitative estimate of drug-likeness (QED) is 0.321. The second-order valence-corrected chi connectivity index (χ2v) is 8.24. The van der Waals surface area contributed by atoms with Crippen LogP contribution in [0.1, 0.15) is 24.5 Å². The molecule has 1 heterocycles. The van der Waals surface area contributed by atoms with Crippen LogP contribution in [0.5, 0.6) is 5.75 Å². The van der Waals surface area contributed by atoms with Crippen molar-refractivity contribution in [1.29, 1.82) is 0 Å². The molecule has 1 aliphatic rings. The molecule has 3 N–H and O–H groups in total. The third kappa shape index (κ3) is 5.65. The molecule has 32 heavy (non-hydrogen) atoms. The average molecular weight is 508 g/mol. The molecule has 0 saturated heterocycles. The number of aliphatic imine (C=N–C) groups is 1. The third-order valence-electron chi connectivity index (χ3n) is 5.17. The van der Waals surface area contributed by atoms with Crippen molar-refractivity contribution in [3.05, 3.63) is 64.1 Å². The summed E-state index contributed by atoms with van der Waals surface area (Å²) in [7, 11) is 0. The van der Waals surface area contributed by atoms with Crippen molar-refractivity contribution >= 4 is 27.7 Å². The summed E-state index contributed by atoms with van der Waals surface area (Å²) in [5, 5.41) is 8.87. The van der Waals surface area contributed by atoms with Crippen molar-refractivity contribution < 1.29 is 23.8 Å². The van der Waals surface area contributed by atoms with E-state index in [1.54, 1.807) is 19.1 Å². The van der Waals surface area contributed by atoms with Gasteiger partial charge in [-0.1, -0.05) is 34.1 Å². The van der Waals surface area contributed by atoms with Crippen molar-refractivity contribution in [2.75, 3.05) is 26.4 Å². The molecular formula is C23H27BrFN3O4. The number of rotatable bonds is 11. The Labute approximate surface area is 195 Å². The van der Waals surface area contributed by atoms with Gasteiger partial charge in [0.1, 0.15) is 18.5 Å². The van der Waals surface area contributed by atoms with Gasteiger partial charge < -0.3 is 14.6 Å². The lowest BCUT2D eigenvalue weighted by molar-refractivity contribution is -0.129. The summed E-state index contributed by atoms with van der Waals surface area (Å²) >= 11 is 3.54. The highest BCUT2D eigenvalue weighted by Crippen LogP contribution is 2.34. The number of hydrogen-bond acceptors (Lipinski definition) is 6. The van der Waals surface area contributed by atoms with Gasteiger partial charge in [-0.15, -0.1) is 0 Å². The van der Waals surface area contributed by atoms with Crippen LogP contribution >= 0.6 is 15.9 Å². The lowest BCUT2D eigenvalue weighted by Crippen LogP contribution is -2.56. The first-order chi connectivity index (χ1) is 15.5. The fraction of sp³-hybridized carbons (Fsp3) is 0.391. The predicted octanol–water partition coefficient (Wildman–Crippen LogP) is 2.95. The highest BCUT2D eigenvalue weighted by molar-refractivity contribution is 9.10. The molecule has 2 aromatic carbocycles. The third-order valence-corrected chi connectivity index (χ3v) is 5.94. The zero-order chi connectivity index (χ0) is 23.0. The second-order valence-electron chi connectivity index (χ2n) is 7.39. The van der Waals surface area contributed by atoms with E-state index in [4.69, 9.17) is 19.6 Å². The summed E-state index contributed by atoms with van der Waals surface area (Å²) in [5.41, 5.74) is 5.55. The van der Waals surface area contributed by atoms with Gasteiger partial charge in [-0.05, 0) is 42.8 Å². The van der Waals surface area contributed by atoms with Crippen molar-refractivity contribution in [1.82, 2.24) is 10.9 Å². The predicted molar refractivity (Wildman–Crippen MR) is 123 cm³/mol. The molecule has 2 atom stereocenters. The van der Waals surface area contributed by atoms with E-state index in [0.29, 0.717) is 36.7 Å². The minimum Gasteiger partial charge on any atom is -0.494 e. The maximum atomic E-state index is 13.2. The van der Waals surface area contributed by atoms with Gasteiger partial charge in [0.25, 0.3) is 5.91 Å². The van der Waals surface area contributed by atoms with Gasteiger partial charge in [0.2, 0.25) is 5.90 Å². The standard InChI is InChI=1S/C23H27BrFN3O4/c1-16-23(22(30)28-26-12-11-25,15-18-5-2-3-6-20(18)24)27-21(32-16)17-7-9-19(10-8-17)31-14-4-13-29/h2-3,5-10,16,26,29H,4,11-15H2,1H3,(H,28,30)/t16-,23-/m0/s1. The second kappa shape index (κ2) is 11.4. The van der Waals surface area contributed by atoms with Crippen LogP contribution in [-0.4, -0.2) is 55.0 Å². The van der Waals surface area contributed by atoms with Gasteiger partial charge in [0.05, 0.1) is 6.61 Å². The van der Waals surface area contributed by atoms with Gasteiger partial charge >= 0.3 is 0 Å². The summed E-state index contributed by atoms with van der Waals surface area (Å²) in [6.07, 6.45) is 0.292. The summed E-state index contributed by atoms with van der Waals surface area (Å²) in [4.78, 5) is 18.0. The number of benzene rings is 2. The largest absolute Gasteiger partial charge is 0.494 e. The van der Waals surface area contributed by atoms with E-state index in [2.05, 4.69) is 26.8 Å². The van der Waals surface area contributed by atoms with E-state index in [0.717, 1.165) is 10.0 Å². The number of carbonyl (C=O) groups is 1. The first kappa shape index (κ1) is 24.2. The molecule has 1 amide bonds. The van der Waals surface area contributed by atoms with E-state index in [1.165, 1.54) is 0 Å². The van der Waals surface area contributed by atoms with Crippen LogP contribution in [0.4, 0.5) is 4.39 Å². The van der Waals surface area contributed by atoms with Crippen LogP contribution in [-0.2, 0) is 16.0 Å². The number of hydrogen-bond donors (Lipinski definition) is 3. The first-order valence-electron chi connectivity index (χ1n) is 10.4. The topological polar surface area (TPSA) is 92.2 Å². The Hall–Kier alpha value is -2.49. The Kier molecular flexibility index (Phi) is 8.60. The molecule has 1 aliphatic heterocycles. The number of aliphatic hydroxyl groups excluding tert-OH is 1.